The Bertz CT molecular complexity index is 856. The molecule has 0 aliphatic carbocycles. The molecule has 0 bridgehead atoms. The number of furan rings is 1. The summed E-state index contributed by atoms with van der Waals surface area (Å²) in [5.41, 5.74) is -0.103. The fraction of sp³-hybridized carbons (Fsp3) is 0.167. The van der Waals surface area contributed by atoms with Gasteiger partial charge in [-0.05, 0) is 42.0 Å². The Labute approximate surface area is 158 Å². The summed E-state index contributed by atoms with van der Waals surface area (Å²) < 4.78 is 5.36. The average Bonchev–Trinajstić information content (AvgIpc) is 3.34. The molecule has 8 heteroatoms. The molecule has 0 radical (unpaired) electrons. The van der Waals surface area contributed by atoms with Gasteiger partial charge in [0, 0.05) is 15.8 Å². The van der Waals surface area contributed by atoms with Gasteiger partial charge in [0.25, 0.3) is 11.6 Å². The number of nitro groups is 1. The van der Waals surface area contributed by atoms with Crippen LogP contribution in [0, 0.1) is 10.1 Å². The first-order valence-electron chi connectivity index (χ1n) is 7.75. The number of carbonyl (C=O) groups excluding carboxylic acids is 1. The number of nitro benzene ring substituents is 1. The van der Waals surface area contributed by atoms with Crippen LogP contribution < -0.4 is 0 Å². The molecule has 6 nitrogen and oxygen atoms in total. The Morgan fingerprint density at radius 2 is 2.12 bits per heavy atom. The molecule has 0 N–H and O–H groups in total. The van der Waals surface area contributed by atoms with Crippen molar-refractivity contribution >= 4 is 34.7 Å². The highest BCUT2D eigenvalue weighted by atomic mass is 32.2. The summed E-state index contributed by atoms with van der Waals surface area (Å²) in [6.45, 7) is 0.599. The standard InChI is InChI=1S/C18H16N2O4S2/c1-25-14-6-7-17(20(22)23)16(10-14)18(21)19(11-13-4-2-8-24-13)12-15-5-3-9-26-15/h2-10H,11-12H2,1H3. The Morgan fingerprint density at radius 1 is 1.27 bits per heavy atom. The predicted molar refractivity (Wildman–Crippen MR) is 101 cm³/mol. The van der Waals surface area contributed by atoms with Crippen molar-refractivity contribution in [2.45, 2.75) is 18.0 Å². The lowest BCUT2D eigenvalue weighted by atomic mass is 10.1. The van der Waals surface area contributed by atoms with Crippen LogP contribution in [0.3, 0.4) is 0 Å². The molecule has 0 saturated carbocycles. The molecule has 0 aliphatic heterocycles. The number of benzene rings is 1. The average molecular weight is 388 g/mol. The smallest absolute Gasteiger partial charge is 0.282 e. The lowest BCUT2D eigenvalue weighted by Crippen LogP contribution is -2.30. The Balaban J connectivity index is 1.97. The van der Waals surface area contributed by atoms with E-state index >= 15 is 0 Å². The Kier molecular flexibility index (Phi) is 5.75. The van der Waals surface area contributed by atoms with Crippen molar-refractivity contribution < 1.29 is 14.1 Å². The third-order valence-corrected chi connectivity index (χ3v) is 5.36. The number of rotatable bonds is 7. The van der Waals surface area contributed by atoms with Crippen molar-refractivity contribution in [3.05, 3.63) is 80.4 Å². The zero-order valence-corrected chi connectivity index (χ0v) is 15.6. The largest absolute Gasteiger partial charge is 0.467 e. The van der Waals surface area contributed by atoms with Crippen LogP contribution in [0.1, 0.15) is 21.0 Å². The lowest BCUT2D eigenvalue weighted by molar-refractivity contribution is -0.385. The van der Waals surface area contributed by atoms with E-state index in [1.54, 1.807) is 35.4 Å². The van der Waals surface area contributed by atoms with Gasteiger partial charge >= 0.3 is 0 Å². The van der Waals surface area contributed by atoms with Crippen LogP contribution in [-0.2, 0) is 13.1 Å². The van der Waals surface area contributed by atoms with Gasteiger partial charge in [0.1, 0.15) is 11.3 Å². The molecular weight excluding hydrogens is 372 g/mol. The number of amides is 1. The molecule has 1 aromatic carbocycles. The molecule has 26 heavy (non-hydrogen) atoms. The summed E-state index contributed by atoms with van der Waals surface area (Å²) in [5, 5.41) is 13.3. The molecule has 0 unspecified atom stereocenters. The minimum absolute atomic E-state index is 0.0879. The number of hydrogen-bond donors (Lipinski definition) is 0. The third-order valence-electron chi connectivity index (χ3n) is 3.77. The van der Waals surface area contributed by atoms with Crippen molar-refractivity contribution in [3.63, 3.8) is 0 Å². The zero-order chi connectivity index (χ0) is 18.5. The monoisotopic (exact) mass is 388 g/mol. The number of hydrogen-bond acceptors (Lipinski definition) is 6. The number of nitrogens with zero attached hydrogens (tertiary/aromatic N) is 2. The minimum atomic E-state index is -0.520. The highest BCUT2D eigenvalue weighted by molar-refractivity contribution is 7.98. The highest BCUT2D eigenvalue weighted by Gasteiger charge is 2.26. The number of thioether (sulfide) groups is 1. The van der Waals surface area contributed by atoms with E-state index < -0.39 is 10.8 Å². The second-order valence-electron chi connectivity index (χ2n) is 5.46. The molecule has 1 amide bonds. The summed E-state index contributed by atoms with van der Waals surface area (Å²) in [6.07, 6.45) is 3.40. The molecule has 0 fully saturated rings. The SMILES string of the molecule is CSc1ccc([N+](=O)[O-])c(C(=O)N(Cc2ccco2)Cc2cccs2)c1. The molecule has 0 spiro atoms. The van der Waals surface area contributed by atoms with Crippen LogP contribution >= 0.6 is 23.1 Å². The van der Waals surface area contributed by atoms with Gasteiger partial charge in [-0.3, -0.25) is 14.9 Å². The summed E-state index contributed by atoms with van der Waals surface area (Å²) in [6, 6.07) is 12.0. The van der Waals surface area contributed by atoms with Crippen LogP contribution in [0.4, 0.5) is 5.69 Å². The van der Waals surface area contributed by atoms with Gasteiger partial charge in [-0.25, -0.2) is 0 Å². The molecule has 0 atom stereocenters. The van der Waals surface area contributed by atoms with Gasteiger partial charge in [0.2, 0.25) is 0 Å². The van der Waals surface area contributed by atoms with Crippen molar-refractivity contribution in [1.29, 1.82) is 0 Å². The minimum Gasteiger partial charge on any atom is -0.467 e. The van der Waals surface area contributed by atoms with E-state index in [9.17, 15) is 14.9 Å². The van der Waals surface area contributed by atoms with Crippen LogP contribution in [-0.4, -0.2) is 22.0 Å². The van der Waals surface area contributed by atoms with Crippen molar-refractivity contribution in [3.8, 4) is 0 Å². The van der Waals surface area contributed by atoms with E-state index in [0.29, 0.717) is 12.3 Å². The summed E-state index contributed by atoms with van der Waals surface area (Å²) in [4.78, 5) is 27.4. The second-order valence-corrected chi connectivity index (χ2v) is 7.37. The van der Waals surface area contributed by atoms with E-state index in [1.807, 2.05) is 23.8 Å². The first-order chi connectivity index (χ1) is 12.6. The van der Waals surface area contributed by atoms with Gasteiger partial charge in [0.15, 0.2) is 0 Å². The zero-order valence-electron chi connectivity index (χ0n) is 14.0. The quantitative estimate of drug-likeness (QED) is 0.330. The highest BCUT2D eigenvalue weighted by Crippen LogP contribution is 2.27. The fourth-order valence-corrected chi connectivity index (χ4v) is 3.68. The van der Waals surface area contributed by atoms with Crippen molar-refractivity contribution in [2.75, 3.05) is 6.26 Å². The van der Waals surface area contributed by atoms with Gasteiger partial charge in [-0.1, -0.05) is 6.07 Å². The maximum absolute atomic E-state index is 13.2. The predicted octanol–water partition coefficient (Wildman–Crippen LogP) is 4.81. The maximum Gasteiger partial charge on any atom is 0.282 e. The van der Waals surface area contributed by atoms with Gasteiger partial charge < -0.3 is 9.32 Å². The van der Waals surface area contributed by atoms with E-state index in [0.717, 1.165) is 9.77 Å². The Hall–Kier alpha value is -2.58. The van der Waals surface area contributed by atoms with Crippen LogP contribution in [0.25, 0.3) is 0 Å². The second kappa shape index (κ2) is 8.20. The topological polar surface area (TPSA) is 76.6 Å². The van der Waals surface area contributed by atoms with E-state index in [1.165, 1.54) is 29.2 Å². The van der Waals surface area contributed by atoms with Gasteiger partial charge in [0.05, 0.1) is 24.3 Å². The first-order valence-corrected chi connectivity index (χ1v) is 9.85. The van der Waals surface area contributed by atoms with Crippen molar-refractivity contribution in [1.82, 2.24) is 4.90 Å². The first kappa shape index (κ1) is 18.2. The maximum atomic E-state index is 13.2. The third kappa shape index (κ3) is 4.14. The molecule has 0 saturated heterocycles. The van der Waals surface area contributed by atoms with E-state index in [-0.39, 0.29) is 17.8 Å². The summed E-state index contributed by atoms with van der Waals surface area (Å²) in [7, 11) is 0. The van der Waals surface area contributed by atoms with Gasteiger partial charge in [-0.15, -0.1) is 23.1 Å². The molecule has 2 heterocycles. The lowest BCUT2D eigenvalue weighted by Gasteiger charge is -2.21. The van der Waals surface area contributed by atoms with E-state index in [4.69, 9.17) is 4.42 Å². The van der Waals surface area contributed by atoms with Crippen molar-refractivity contribution in [2.24, 2.45) is 0 Å². The fourth-order valence-electron chi connectivity index (χ4n) is 2.52. The molecule has 2 aromatic heterocycles. The summed E-state index contributed by atoms with van der Waals surface area (Å²) in [5.74, 6) is 0.232. The van der Waals surface area contributed by atoms with Gasteiger partial charge in [-0.2, -0.15) is 0 Å². The van der Waals surface area contributed by atoms with Crippen LogP contribution in [0.15, 0.2) is 63.4 Å². The molecule has 3 rings (SSSR count). The van der Waals surface area contributed by atoms with Crippen LogP contribution in [0.5, 0.6) is 0 Å². The molecule has 0 aliphatic rings. The number of thiophene rings is 1. The normalized spacial score (nSPS) is 10.7. The summed E-state index contributed by atoms with van der Waals surface area (Å²) >= 11 is 2.97. The molecular formula is C18H16N2O4S2. The Morgan fingerprint density at radius 3 is 2.73 bits per heavy atom. The number of carbonyl (C=O) groups is 1. The molecule has 3 aromatic rings. The molecule has 134 valence electrons. The van der Waals surface area contributed by atoms with E-state index in [2.05, 4.69) is 0 Å². The van der Waals surface area contributed by atoms with Crippen LogP contribution in [0.2, 0.25) is 0 Å².